The molecule has 1 fully saturated rings. The van der Waals surface area contributed by atoms with Gasteiger partial charge in [-0.3, -0.25) is 0 Å². The maximum Gasteiger partial charge on any atom is 0.321 e. The van der Waals surface area contributed by atoms with Crippen molar-refractivity contribution in [1.29, 1.82) is 0 Å². The van der Waals surface area contributed by atoms with Crippen molar-refractivity contribution in [1.82, 2.24) is 15.5 Å². The maximum atomic E-state index is 12.3. The van der Waals surface area contributed by atoms with Gasteiger partial charge >= 0.3 is 6.03 Å². The highest BCUT2D eigenvalue weighted by Gasteiger charge is 2.17. The van der Waals surface area contributed by atoms with Gasteiger partial charge in [0.15, 0.2) is 5.96 Å². The van der Waals surface area contributed by atoms with Crippen molar-refractivity contribution >= 4 is 29.0 Å². The Hall–Kier alpha value is -2.54. The van der Waals surface area contributed by atoms with Crippen molar-refractivity contribution in [2.45, 2.75) is 39.7 Å². The number of thiophene rings is 1. The van der Waals surface area contributed by atoms with Gasteiger partial charge in [0.1, 0.15) is 0 Å². The SMILES string of the molecule is CCNC(=NCc1cccc(NC(=O)N2CCCC2)c1)NCC(C)Cc1cccs1. The van der Waals surface area contributed by atoms with E-state index in [1.54, 1.807) is 0 Å². The fourth-order valence-corrected chi connectivity index (χ4v) is 4.37. The van der Waals surface area contributed by atoms with Crippen LogP contribution in [0.5, 0.6) is 0 Å². The maximum absolute atomic E-state index is 12.3. The Labute approximate surface area is 183 Å². The number of anilines is 1. The third-order valence-corrected chi connectivity index (χ3v) is 5.98. The van der Waals surface area contributed by atoms with Crippen molar-refractivity contribution < 1.29 is 4.79 Å². The van der Waals surface area contributed by atoms with Gasteiger partial charge in [-0.2, -0.15) is 0 Å². The van der Waals surface area contributed by atoms with E-state index in [1.165, 1.54) is 4.88 Å². The molecule has 0 radical (unpaired) electrons. The van der Waals surface area contributed by atoms with E-state index in [0.29, 0.717) is 12.5 Å². The van der Waals surface area contributed by atoms with Gasteiger partial charge in [-0.1, -0.05) is 25.1 Å². The molecule has 1 aromatic carbocycles. The molecule has 1 aliphatic heterocycles. The molecule has 0 spiro atoms. The van der Waals surface area contributed by atoms with Gasteiger partial charge in [0, 0.05) is 36.7 Å². The minimum Gasteiger partial charge on any atom is -0.357 e. The van der Waals surface area contributed by atoms with Crippen LogP contribution < -0.4 is 16.0 Å². The molecule has 6 nitrogen and oxygen atoms in total. The Morgan fingerprint density at radius 2 is 2.03 bits per heavy atom. The molecule has 0 saturated carbocycles. The summed E-state index contributed by atoms with van der Waals surface area (Å²) >= 11 is 1.81. The molecule has 1 saturated heterocycles. The molecule has 1 unspecified atom stereocenters. The molecule has 3 N–H and O–H groups in total. The summed E-state index contributed by atoms with van der Waals surface area (Å²) in [6.07, 6.45) is 3.26. The number of benzene rings is 1. The minimum absolute atomic E-state index is 0.0112. The summed E-state index contributed by atoms with van der Waals surface area (Å²) < 4.78 is 0. The molecule has 30 heavy (non-hydrogen) atoms. The average Bonchev–Trinajstić information content (AvgIpc) is 3.44. The van der Waals surface area contributed by atoms with Gasteiger partial charge in [0.05, 0.1) is 6.54 Å². The Morgan fingerprint density at radius 3 is 2.77 bits per heavy atom. The molecule has 7 heteroatoms. The Bertz CT molecular complexity index is 815. The molecule has 2 amide bonds. The minimum atomic E-state index is -0.0112. The van der Waals surface area contributed by atoms with Crippen molar-refractivity contribution in [3.8, 4) is 0 Å². The smallest absolute Gasteiger partial charge is 0.321 e. The van der Waals surface area contributed by atoms with E-state index < -0.39 is 0 Å². The topological polar surface area (TPSA) is 68.8 Å². The molecule has 162 valence electrons. The van der Waals surface area contributed by atoms with Gasteiger partial charge in [-0.25, -0.2) is 9.79 Å². The lowest BCUT2D eigenvalue weighted by Gasteiger charge is -2.17. The fraction of sp³-hybridized carbons (Fsp3) is 0.478. The number of nitrogens with one attached hydrogen (secondary N) is 3. The van der Waals surface area contributed by atoms with Crippen molar-refractivity contribution in [3.63, 3.8) is 0 Å². The lowest BCUT2D eigenvalue weighted by Crippen LogP contribution is -2.39. The van der Waals surface area contributed by atoms with E-state index >= 15 is 0 Å². The highest BCUT2D eigenvalue weighted by molar-refractivity contribution is 7.09. The predicted molar refractivity (Wildman–Crippen MR) is 126 cm³/mol. The molecular formula is C23H33N5OS. The van der Waals surface area contributed by atoms with E-state index in [-0.39, 0.29) is 6.03 Å². The summed E-state index contributed by atoms with van der Waals surface area (Å²) in [5.41, 5.74) is 1.89. The van der Waals surface area contributed by atoms with Gasteiger partial charge in [-0.15, -0.1) is 11.3 Å². The Kier molecular flexibility index (Phi) is 8.56. The van der Waals surface area contributed by atoms with E-state index in [4.69, 9.17) is 4.99 Å². The average molecular weight is 428 g/mol. The lowest BCUT2D eigenvalue weighted by atomic mass is 10.1. The number of guanidine groups is 1. The fourth-order valence-electron chi connectivity index (χ4n) is 3.50. The van der Waals surface area contributed by atoms with E-state index in [1.807, 2.05) is 40.5 Å². The van der Waals surface area contributed by atoms with Gasteiger partial charge in [0.2, 0.25) is 0 Å². The van der Waals surface area contributed by atoms with Crippen LogP contribution in [0, 0.1) is 5.92 Å². The zero-order valence-electron chi connectivity index (χ0n) is 18.0. The number of rotatable bonds is 8. The van der Waals surface area contributed by atoms with Crippen LogP contribution in [0.2, 0.25) is 0 Å². The number of amides is 2. The predicted octanol–water partition coefficient (Wildman–Crippen LogP) is 4.31. The second-order valence-corrected chi connectivity index (χ2v) is 8.82. The molecule has 0 aliphatic carbocycles. The van der Waals surface area contributed by atoms with Crippen molar-refractivity contribution in [2.24, 2.45) is 10.9 Å². The standard InChI is InChI=1S/C23H33N5OS/c1-3-24-22(25-16-18(2)14-21-10-7-13-30-21)26-17-19-8-6-9-20(15-19)27-23(29)28-11-4-5-12-28/h6-10,13,15,18H,3-5,11-12,14,16-17H2,1-2H3,(H,27,29)(H2,24,25,26). The summed E-state index contributed by atoms with van der Waals surface area (Å²) in [7, 11) is 0. The second kappa shape index (κ2) is 11.6. The van der Waals surface area contributed by atoms with Crippen LogP contribution in [-0.2, 0) is 13.0 Å². The first-order valence-corrected chi connectivity index (χ1v) is 11.7. The monoisotopic (exact) mass is 427 g/mol. The van der Waals surface area contributed by atoms with Crippen LogP contribution in [0.1, 0.15) is 37.1 Å². The second-order valence-electron chi connectivity index (χ2n) is 7.79. The van der Waals surface area contributed by atoms with Crippen LogP contribution in [0.3, 0.4) is 0 Å². The number of likely N-dealkylation sites (tertiary alicyclic amines) is 1. The van der Waals surface area contributed by atoms with Crippen LogP contribution in [0.25, 0.3) is 0 Å². The van der Waals surface area contributed by atoms with E-state index in [0.717, 1.165) is 62.7 Å². The zero-order valence-corrected chi connectivity index (χ0v) is 18.8. The Morgan fingerprint density at radius 1 is 1.20 bits per heavy atom. The summed E-state index contributed by atoms with van der Waals surface area (Å²) in [5, 5.41) is 11.9. The summed E-state index contributed by atoms with van der Waals surface area (Å²) in [5.74, 6) is 1.35. The van der Waals surface area contributed by atoms with Crippen molar-refractivity contribution in [2.75, 3.05) is 31.5 Å². The molecule has 1 atom stereocenters. The third-order valence-electron chi connectivity index (χ3n) is 5.08. The number of aliphatic imine (C=N–C) groups is 1. The van der Waals surface area contributed by atoms with E-state index in [9.17, 15) is 4.79 Å². The number of nitrogens with zero attached hydrogens (tertiary/aromatic N) is 2. The lowest BCUT2D eigenvalue weighted by molar-refractivity contribution is 0.222. The van der Waals surface area contributed by atoms with Crippen LogP contribution >= 0.6 is 11.3 Å². The largest absolute Gasteiger partial charge is 0.357 e. The number of hydrogen-bond donors (Lipinski definition) is 3. The normalized spacial score (nSPS) is 15.1. The van der Waals surface area contributed by atoms with Crippen LogP contribution in [0.15, 0.2) is 46.8 Å². The highest BCUT2D eigenvalue weighted by Crippen LogP contribution is 2.15. The quantitative estimate of drug-likeness (QED) is 0.434. The molecule has 3 rings (SSSR count). The van der Waals surface area contributed by atoms with Gasteiger partial charge in [0.25, 0.3) is 0 Å². The molecule has 1 aromatic heterocycles. The molecule has 1 aliphatic rings. The summed E-state index contributed by atoms with van der Waals surface area (Å²) in [6, 6.07) is 12.2. The Balaban J connectivity index is 1.52. The molecule has 0 bridgehead atoms. The molecular weight excluding hydrogens is 394 g/mol. The number of carbonyl (C=O) groups excluding carboxylic acids is 1. The molecule has 2 aromatic rings. The van der Waals surface area contributed by atoms with Crippen molar-refractivity contribution in [3.05, 3.63) is 52.2 Å². The first kappa shape index (κ1) is 22.2. The van der Waals surface area contributed by atoms with Gasteiger partial charge in [-0.05, 0) is 61.2 Å². The van der Waals surface area contributed by atoms with Crippen LogP contribution in [0.4, 0.5) is 10.5 Å². The first-order chi connectivity index (χ1) is 14.6. The summed E-state index contributed by atoms with van der Waals surface area (Å²) in [6.45, 7) is 8.26. The first-order valence-electron chi connectivity index (χ1n) is 10.8. The highest BCUT2D eigenvalue weighted by atomic mass is 32.1. The molecule has 2 heterocycles. The number of carbonyl (C=O) groups is 1. The number of hydrogen-bond acceptors (Lipinski definition) is 3. The number of urea groups is 1. The zero-order chi connectivity index (χ0) is 21.2. The third kappa shape index (κ3) is 7.06. The van der Waals surface area contributed by atoms with Crippen LogP contribution in [-0.4, -0.2) is 43.1 Å². The van der Waals surface area contributed by atoms with Gasteiger partial charge < -0.3 is 20.9 Å². The van der Waals surface area contributed by atoms with E-state index in [2.05, 4.69) is 47.3 Å². The summed E-state index contributed by atoms with van der Waals surface area (Å²) in [4.78, 5) is 20.3.